The molecule has 2 fully saturated rings. The minimum absolute atomic E-state index is 0.0219. The van der Waals surface area contributed by atoms with Gasteiger partial charge in [-0.05, 0) is 42.7 Å². The SMILES string of the molecule is COc1ccc(C(N)C2C3CCCC32)c(OC)c1Cl. The molecule has 4 heteroatoms. The zero-order chi connectivity index (χ0) is 13.6. The van der Waals surface area contributed by atoms with E-state index in [4.69, 9.17) is 26.8 Å². The van der Waals surface area contributed by atoms with Gasteiger partial charge in [-0.25, -0.2) is 0 Å². The van der Waals surface area contributed by atoms with Gasteiger partial charge in [0.2, 0.25) is 0 Å². The molecule has 104 valence electrons. The molecule has 2 aliphatic rings. The third-order valence-corrected chi connectivity index (χ3v) is 5.12. The monoisotopic (exact) mass is 281 g/mol. The van der Waals surface area contributed by atoms with Crippen molar-refractivity contribution in [2.24, 2.45) is 23.5 Å². The van der Waals surface area contributed by atoms with E-state index >= 15 is 0 Å². The average Bonchev–Trinajstić information content (AvgIpc) is 2.90. The van der Waals surface area contributed by atoms with Crippen LogP contribution in [-0.4, -0.2) is 14.2 Å². The highest BCUT2D eigenvalue weighted by Gasteiger charge is 2.55. The molecule has 2 N–H and O–H groups in total. The van der Waals surface area contributed by atoms with E-state index in [0.717, 1.165) is 17.4 Å². The first-order valence-electron chi connectivity index (χ1n) is 6.85. The fourth-order valence-electron chi connectivity index (χ4n) is 3.80. The maximum Gasteiger partial charge on any atom is 0.146 e. The van der Waals surface area contributed by atoms with Gasteiger partial charge in [-0.15, -0.1) is 0 Å². The molecule has 0 aromatic heterocycles. The van der Waals surface area contributed by atoms with Crippen molar-refractivity contribution in [3.63, 3.8) is 0 Å². The predicted molar refractivity (Wildman–Crippen MR) is 75.8 cm³/mol. The molecule has 1 aromatic rings. The van der Waals surface area contributed by atoms with E-state index in [1.54, 1.807) is 14.2 Å². The van der Waals surface area contributed by atoms with E-state index in [2.05, 4.69) is 0 Å². The first-order chi connectivity index (χ1) is 9.19. The summed E-state index contributed by atoms with van der Waals surface area (Å²) in [4.78, 5) is 0. The van der Waals surface area contributed by atoms with E-state index in [0.29, 0.717) is 22.4 Å². The lowest BCUT2D eigenvalue weighted by molar-refractivity contribution is 0.383. The maximum atomic E-state index is 6.45. The van der Waals surface area contributed by atoms with E-state index in [1.807, 2.05) is 12.1 Å². The molecule has 3 rings (SSSR count). The van der Waals surface area contributed by atoms with Crippen molar-refractivity contribution in [3.8, 4) is 11.5 Å². The summed E-state index contributed by atoms with van der Waals surface area (Å²) < 4.78 is 10.7. The molecule has 3 nitrogen and oxygen atoms in total. The van der Waals surface area contributed by atoms with Gasteiger partial charge in [0.15, 0.2) is 0 Å². The largest absolute Gasteiger partial charge is 0.495 e. The highest BCUT2D eigenvalue weighted by atomic mass is 35.5. The van der Waals surface area contributed by atoms with E-state index in [1.165, 1.54) is 19.3 Å². The van der Waals surface area contributed by atoms with Gasteiger partial charge < -0.3 is 15.2 Å². The second-order valence-corrected chi connectivity index (χ2v) is 5.94. The zero-order valence-corrected chi connectivity index (χ0v) is 12.1. The van der Waals surface area contributed by atoms with Crippen molar-refractivity contribution in [2.45, 2.75) is 25.3 Å². The number of ether oxygens (including phenoxy) is 2. The van der Waals surface area contributed by atoms with Crippen LogP contribution in [0.3, 0.4) is 0 Å². The molecule has 0 spiro atoms. The summed E-state index contributed by atoms with van der Waals surface area (Å²) in [5.74, 6) is 3.54. The minimum atomic E-state index is 0.0219. The Kier molecular flexibility index (Phi) is 3.35. The maximum absolute atomic E-state index is 6.45. The summed E-state index contributed by atoms with van der Waals surface area (Å²) in [6.45, 7) is 0. The van der Waals surface area contributed by atoms with Crippen LogP contribution in [0.5, 0.6) is 11.5 Å². The van der Waals surface area contributed by atoms with Gasteiger partial charge >= 0.3 is 0 Å². The molecule has 0 radical (unpaired) electrons. The predicted octanol–water partition coefficient (Wildman–Crippen LogP) is 3.40. The smallest absolute Gasteiger partial charge is 0.146 e. The standard InChI is InChI=1S/C15H20ClNO2/c1-18-11-7-6-10(15(19-2)13(11)16)14(17)12-8-4-3-5-9(8)12/h6-9,12,14H,3-5,17H2,1-2H3. The molecular weight excluding hydrogens is 262 g/mol. The summed E-state index contributed by atoms with van der Waals surface area (Å²) in [5.41, 5.74) is 7.46. The number of hydrogen-bond donors (Lipinski definition) is 1. The van der Waals surface area contributed by atoms with Gasteiger partial charge in [0, 0.05) is 11.6 Å². The third-order valence-electron chi connectivity index (χ3n) is 4.76. The minimum Gasteiger partial charge on any atom is -0.495 e. The molecule has 3 unspecified atom stereocenters. The second kappa shape index (κ2) is 4.88. The van der Waals surface area contributed by atoms with Crippen LogP contribution in [0.15, 0.2) is 12.1 Å². The number of rotatable bonds is 4. The normalized spacial score (nSPS) is 29.8. The summed E-state index contributed by atoms with van der Waals surface area (Å²) in [6, 6.07) is 3.88. The van der Waals surface area contributed by atoms with Crippen molar-refractivity contribution in [3.05, 3.63) is 22.7 Å². The Balaban J connectivity index is 1.90. The zero-order valence-electron chi connectivity index (χ0n) is 11.4. The second-order valence-electron chi connectivity index (χ2n) is 5.57. The number of fused-ring (bicyclic) bond motifs is 1. The molecular formula is C15H20ClNO2. The Bertz CT molecular complexity index is 481. The van der Waals surface area contributed by atoms with Gasteiger partial charge in [-0.1, -0.05) is 18.0 Å². The van der Waals surface area contributed by atoms with Gasteiger partial charge in [-0.2, -0.15) is 0 Å². The summed E-state index contributed by atoms with van der Waals surface area (Å²) in [7, 11) is 3.23. The van der Waals surface area contributed by atoms with Crippen molar-refractivity contribution in [2.75, 3.05) is 14.2 Å². The van der Waals surface area contributed by atoms with E-state index in [-0.39, 0.29) is 6.04 Å². The van der Waals surface area contributed by atoms with Crippen LogP contribution < -0.4 is 15.2 Å². The lowest BCUT2D eigenvalue weighted by Crippen LogP contribution is -2.16. The number of methoxy groups -OCH3 is 2. The molecule has 2 saturated carbocycles. The van der Waals surface area contributed by atoms with Gasteiger partial charge in [0.05, 0.1) is 14.2 Å². The molecule has 0 aliphatic heterocycles. The quantitative estimate of drug-likeness (QED) is 0.920. The van der Waals surface area contributed by atoms with Crippen molar-refractivity contribution in [1.29, 1.82) is 0 Å². The number of benzene rings is 1. The number of halogens is 1. The van der Waals surface area contributed by atoms with Crippen molar-refractivity contribution >= 4 is 11.6 Å². The fraction of sp³-hybridized carbons (Fsp3) is 0.600. The first-order valence-corrected chi connectivity index (χ1v) is 7.22. The Morgan fingerprint density at radius 2 is 1.89 bits per heavy atom. The van der Waals surface area contributed by atoms with Crippen LogP contribution in [0.2, 0.25) is 5.02 Å². The molecule has 1 aromatic carbocycles. The Hall–Kier alpha value is -0.930. The van der Waals surface area contributed by atoms with Crippen molar-refractivity contribution < 1.29 is 9.47 Å². The van der Waals surface area contributed by atoms with Crippen LogP contribution >= 0.6 is 11.6 Å². The highest BCUT2D eigenvalue weighted by molar-refractivity contribution is 6.33. The molecule has 2 aliphatic carbocycles. The van der Waals surface area contributed by atoms with Crippen LogP contribution in [0.1, 0.15) is 30.9 Å². The van der Waals surface area contributed by atoms with Crippen LogP contribution in [0, 0.1) is 17.8 Å². The van der Waals surface area contributed by atoms with Gasteiger partial charge in [-0.3, -0.25) is 0 Å². The Labute approximate surface area is 119 Å². The van der Waals surface area contributed by atoms with Gasteiger partial charge in [0.1, 0.15) is 16.5 Å². The van der Waals surface area contributed by atoms with Crippen molar-refractivity contribution in [1.82, 2.24) is 0 Å². The molecule has 3 atom stereocenters. The van der Waals surface area contributed by atoms with Gasteiger partial charge in [0.25, 0.3) is 0 Å². The Morgan fingerprint density at radius 1 is 1.21 bits per heavy atom. The fourth-order valence-corrected chi connectivity index (χ4v) is 4.12. The third kappa shape index (κ3) is 2.00. The van der Waals surface area contributed by atoms with E-state index in [9.17, 15) is 0 Å². The summed E-state index contributed by atoms with van der Waals surface area (Å²) in [5, 5.41) is 0.517. The molecule has 0 bridgehead atoms. The van der Waals surface area contributed by atoms with E-state index < -0.39 is 0 Å². The van der Waals surface area contributed by atoms with Crippen LogP contribution in [0.4, 0.5) is 0 Å². The molecule has 0 heterocycles. The summed E-state index contributed by atoms with van der Waals surface area (Å²) >= 11 is 6.30. The highest BCUT2D eigenvalue weighted by Crippen LogP contribution is 2.62. The lowest BCUT2D eigenvalue weighted by Gasteiger charge is -2.19. The topological polar surface area (TPSA) is 44.5 Å². The first kappa shape index (κ1) is 13.1. The number of nitrogens with two attached hydrogens (primary N) is 1. The lowest BCUT2D eigenvalue weighted by atomic mass is 9.97. The molecule has 19 heavy (non-hydrogen) atoms. The van der Waals surface area contributed by atoms with Crippen LogP contribution in [0.25, 0.3) is 0 Å². The summed E-state index contributed by atoms with van der Waals surface area (Å²) in [6.07, 6.45) is 4.02. The Morgan fingerprint density at radius 3 is 2.47 bits per heavy atom. The molecule has 0 amide bonds. The number of hydrogen-bond acceptors (Lipinski definition) is 3. The van der Waals surface area contributed by atoms with Crippen LogP contribution in [-0.2, 0) is 0 Å². The molecule has 0 saturated heterocycles. The average molecular weight is 282 g/mol.